The van der Waals surface area contributed by atoms with Gasteiger partial charge in [0, 0.05) is 25.1 Å². The van der Waals surface area contributed by atoms with E-state index in [9.17, 15) is 14.7 Å². The molecule has 2 aromatic carbocycles. The molecule has 0 saturated heterocycles. The molecule has 11 heteroatoms. The van der Waals surface area contributed by atoms with Gasteiger partial charge in [-0.25, -0.2) is 0 Å². The van der Waals surface area contributed by atoms with Crippen molar-refractivity contribution < 1.29 is 24.0 Å². The van der Waals surface area contributed by atoms with Gasteiger partial charge in [0.1, 0.15) is 35.7 Å². The first-order chi connectivity index (χ1) is 18.7. The minimum absolute atomic E-state index is 0.00469. The number of aromatic amines is 1. The molecule has 0 saturated carbocycles. The van der Waals surface area contributed by atoms with Crippen LogP contribution in [0.1, 0.15) is 45.9 Å². The SMILES string of the molecule is Cc1cc(C(C)(O)C#Cc2ccc3c(c2)N(C)C(=O)[C@@H](NC(=O)c2nnc(Cc4ccccc4)[nH]2)CO3)no1. The van der Waals surface area contributed by atoms with E-state index in [1.807, 2.05) is 30.3 Å². The van der Waals surface area contributed by atoms with E-state index in [2.05, 4.69) is 37.5 Å². The third-order valence-electron chi connectivity index (χ3n) is 6.20. The Morgan fingerprint density at radius 2 is 2.03 bits per heavy atom. The maximum atomic E-state index is 13.2. The van der Waals surface area contributed by atoms with E-state index in [-0.39, 0.29) is 18.3 Å². The van der Waals surface area contributed by atoms with Gasteiger partial charge in [-0.05, 0) is 37.6 Å². The Morgan fingerprint density at radius 1 is 1.23 bits per heavy atom. The van der Waals surface area contributed by atoms with Crippen molar-refractivity contribution in [3.63, 3.8) is 0 Å². The van der Waals surface area contributed by atoms with E-state index in [0.29, 0.717) is 40.7 Å². The van der Waals surface area contributed by atoms with Crippen molar-refractivity contribution in [3.05, 3.63) is 88.8 Å². The number of aliphatic hydroxyl groups is 1. The highest BCUT2D eigenvalue weighted by molar-refractivity contribution is 6.02. The fourth-order valence-electron chi connectivity index (χ4n) is 4.03. The van der Waals surface area contributed by atoms with E-state index in [1.54, 1.807) is 38.2 Å². The summed E-state index contributed by atoms with van der Waals surface area (Å²) in [5.41, 5.74) is 0.821. The van der Waals surface area contributed by atoms with Gasteiger partial charge in [-0.2, -0.15) is 0 Å². The summed E-state index contributed by atoms with van der Waals surface area (Å²) in [5, 5.41) is 25.2. The van der Waals surface area contributed by atoms with E-state index < -0.39 is 17.6 Å². The molecule has 3 heterocycles. The highest BCUT2D eigenvalue weighted by Crippen LogP contribution is 2.31. The predicted molar refractivity (Wildman–Crippen MR) is 140 cm³/mol. The number of benzene rings is 2. The highest BCUT2D eigenvalue weighted by Gasteiger charge is 2.32. The van der Waals surface area contributed by atoms with Crippen molar-refractivity contribution >= 4 is 17.5 Å². The van der Waals surface area contributed by atoms with Crippen LogP contribution in [0.4, 0.5) is 5.69 Å². The summed E-state index contributed by atoms with van der Waals surface area (Å²) in [5.74, 6) is 6.32. The van der Waals surface area contributed by atoms with Crippen LogP contribution in [0.5, 0.6) is 5.75 Å². The third kappa shape index (κ3) is 5.66. The van der Waals surface area contributed by atoms with Crippen molar-refractivity contribution in [1.82, 2.24) is 25.7 Å². The molecule has 39 heavy (non-hydrogen) atoms. The minimum atomic E-state index is -1.53. The zero-order valence-electron chi connectivity index (χ0n) is 21.6. The van der Waals surface area contributed by atoms with Crippen LogP contribution in [-0.2, 0) is 16.8 Å². The first-order valence-electron chi connectivity index (χ1n) is 12.2. The zero-order valence-corrected chi connectivity index (χ0v) is 21.6. The molecule has 4 aromatic rings. The number of fused-ring (bicyclic) bond motifs is 1. The molecule has 0 bridgehead atoms. The largest absolute Gasteiger partial charge is 0.489 e. The average Bonchev–Trinajstić information content (AvgIpc) is 3.57. The maximum Gasteiger partial charge on any atom is 0.289 e. The monoisotopic (exact) mass is 526 g/mol. The lowest BCUT2D eigenvalue weighted by molar-refractivity contribution is -0.120. The van der Waals surface area contributed by atoms with E-state index in [4.69, 9.17) is 9.26 Å². The number of hydrogen-bond donors (Lipinski definition) is 3. The Bertz CT molecular complexity index is 1580. The molecule has 3 N–H and O–H groups in total. The molecular formula is C28H26N6O5. The summed E-state index contributed by atoms with van der Waals surface area (Å²) >= 11 is 0. The number of hydrogen-bond acceptors (Lipinski definition) is 8. The Labute approximate surface area is 224 Å². The fraction of sp³-hybridized carbons (Fsp3) is 0.250. The zero-order chi connectivity index (χ0) is 27.6. The van der Waals surface area contributed by atoms with Gasteiger partial charge in [0.25, 0.3) is 11.8 Å². The Kier molecular flexibility index (Phi) is 6.87. The van der Waals surface area contributed by atoms with Gasteiger partial charge in [0.2, 0.25) is 5.82 Å². The molecule has 198 valence electrons. The molecule has 0 radical (unpaired) electrons. The summed E-state index contributed by atoms with van der Waals surface area (Å²) in [7, 11) is 1.59. The van der Waals surface area contributed by atoms with Crippen molar-refractivity contribution in [2.24, 2.45) is 0 Å². The van der Waals surface area contributed by atoms with Crippen molar-refractivity contribution in [1.29, 1.82) is 0 Å². The maximum absolute atomic E-state index is 13.2. The van der Waals surface area contributed by atoms with Crippen LogP contribution in [0, 0.1) is 18.8 Å². The number of aromatic nitrogens is 4. The molecule has 11 nitrogen and oxygen atoms in total. The first-order valence-corrected chi connectivity index (χ1v) is 12.2. The molecule has 1 aliphatic heterocycles. The van der Waals surface area contributed by atoms with Crippen molar-refractivity contribution in [2.45, 2.75) is 31.9 Å². The summed E-state index contributed by atoms with van der Waals surface area (Å²) < 4.78 is 10.9. The summed E-state index contributed by atoms with van der Waals surface area (Å²) in [6.45, 7) is 3.17. The molecule has 2 atom stereocenters. The number of carbonyl (C=O) groups is 2. The lowest BCUT2D eigenvalue weighted by Gasteiger charge is -2.20. The van der Waals surface area contributed by atoms with Crippen LogP contribution in [0.2, 0.25) is 0 Å². The van der Waals surface area contributed by atoms with Gasteiger partial charge >= 0.3 is 0 Å². The van der Waals surface area contributed by atoms with E-state index in [0.717, 1.165) is 5.56 Å². The summed E-state index contributed by atoms with van der Waals surface area (Å²) in [6.07, 6.45) is 0.490. The number of aryl methyl sites for hydroxylation is 1. The van der Waals surface area contributed by atoms with Gasteiger partial charge in [-0.3, -0.25) is 9.59 Å². The molecule has 5 rings (SSSR count). The average molecular weight is 527 g/mol. The summed E-state index contributed by atoms with van der Waals surface area (Å²) in [6, 6.07) is 15.4. The smallest absolute Gasteiger partial charge is 0.289 e. The van der Waals surface area contributed by atoms with Crippen LogP contribution in [0.3, 0.4) is 0 Å². The quantitative estimate of drug-likeness (QED) is 0.335. The third-order valence-corrected chi connectivity index (χ3v) is 6.20. The van der Waals surface area contributed by atoms with Crippen LogP contribution in [-0.4, -0.2) is 57.0 Å². The van der Waals surface area contributed by atoms with Crippen LogP contribution < -0.4 is 15.0 Å². The molecule has 1 unspecified atom stereocenters. The van der Waals surface area contributed by atoms with Crippen molar-refractivity contribution in [2.75, 3.05) is 18.6 Å². The topological polar surface area (TPSA) is 146 Å². The van der Waals surface area contributed by atoms with E-state index >= 15 is 0 Å². The van der Waals surface area contributed by atoms with E-state index in [1.165, 1.54) is 11.8 Å². The predicted octanol–water partition coefficient (Wildman–Crippen LogP) is 2.10. The molecule has 0 fully saturated rings. The number of nitrogens with zero attached hydrogens (tertiary/aromatic N) is 4. The van der Waals surface area contributed by atoms with Crippen molar-refractivity contribution in [3.8, 4) is 17.6 Å². The Morgan fingerprint density at radius 3 is 2.77 bits per heavy atom. The number of likely N-dealkylation sites (N-methyl/N-ethyl adjacent to an activating group) is 1. The van der Waals surface area contributed by atoms with Gasteiger partial charge in [0.05, 0.1) is 5.69 Å². The van der Waals surface area contributed by atoms with Gasteiger partial charge in [-0.15, -0.1) is 10.2 Å². The lowest BCUT2D eigenvalue weighted by Crippen LogP contribution is -2.49. The van der Waals surface area contributed by atoms with Crippen LogP contribution >= 0.6 is 0 Å². The second kappa shape index (κ2) is 10.4. The second-order valence-corrected chi connectivity index (χ2v) is 9.34. The number of nitrogens with one attached hydrogen (secondary N) is 2. The molecule has 1 aliphatic rings. The Hall–Kier alpha value is -4.95. The lowest BCUT2D eigenvalue weighted by atomic mass is 10.0. The molecule has 0 aliphatic carbocycles. The number of amides is 2. The van der Waals surface area contributed by atoms with Crippen LogP contribution in [0.15, 0.2) is 59.1 Å². The number of anilines is 1. The number of H-pyrrole nitrogens is 1. The number of ether oxygens (including phenoxy) is 1. The second-order valence-electron chi connectivity index (χ2n) is 9.34. The van der Waals surface area contributed by atoms with Gasteiger partial charge < -0.3 is 29.6 Å². The molecule has 2 amide bonds. The molecular weight excluding hydrogens is 500 g/mol. The first kappa shape index (κ1) is 25.7. The van der Waals surface area contributed by atoms with Gasteiger partial charge in [0.15, 0.2) is 5.60 Å². The normalized spacial score (nSPS) is 16.3. The van der Waals surface area contributed by atoms with Gasteiger partial charge in [-0.1, -0.05) is 47.3 Å². The van der Waals surface area contributed by atoms with Crippen LogP contribution in [0.25, 0.3) is 0 Å². The number of carbonyl (C=O) groups excluding carboxylic acids is 2. The molecule has 0 spiro atoms. The molecule has 2 aromatic heterocycles. The fourth-order valence-corrected chi connectivity index (χ4v) is 4.03. The minimum Gasteiger partial charge on any atom is -0.489 e. The number of rotatable bonds is 5. The Balaban J connectivity index is 1.28. The highest BCUT2D eigenvalue weighted by atomic mass is 16.5. The summed E-state index contributed by atoms with van der Waals surface area (Å²) in [4.78, 5) is 30.4. The standard InChI is InChI=1S/C28H26N6O5/c1-17-13-23(33-39-17)28(2,37)12-11-19-9-10-22-21(14-19)34(3)27(36)20(16-38-22)29-26(35)25-30-24(31-32-25)15-18-7-5-4-6-8-18/h4-10,13-14,20,37H,15-16H2,1-3H3,(H,29,35)(H,30,31,32)/t20-,28?/m0/s1.